The van der Waals surface area contributed by atoms with Crippen molar-refractivity contribution in [2.24, 2.45) is 0 Å². The minimum Gasteiger partial charge on any atom is -0.436 e. The summed E-state index contributed by atoms with van der Waals surface area (Å²) < 4.78 is 18.0. The van der Waals surface area contributed by atoms with Gasteiger partial charge in [-0.1, -0.05) is 6.07 Å². The maximum absolute atomic E-state index is 13.1. The molecule has 1 heterocycles. The summed E-state index contributed by atoms with van der Waals surface area (Å²) in [5.41, 5.74) is 5.60. The Kier molecular flexibility index (Phi) is 1.46. The lowest BCUT2D eigenvalue weighted by Gasteiger charge is -1.87. The predicted molar refractivity (Wildman–Crippen MR) is 45.3 cm³/mol. The fourth-order valence-corrected chi connectivity index (χ4v) is 1.22. The van der Waals surface area contributed by atoms with Crippen LogP contribution >= 0.6 is 0 Å². The first-order chi connectivity index (χ1) is 6.24. The molecule has 2 N–H and O–H groups in total. The maximum atomic E-state index is 13.1. The number of fused-ring (bicyclic) bond motifs is 1. The molecule has 2 rings (SSSR count). The van der Waals surface area contributed by atoms with E-state index in [0.717, 1.165) is 0 Å². The number of nitriles is 1. The third-order valence-corrected chi connectivity index (χ3v) is 1.81. The van der Waals surface area contributed by atoms with Crippen LogP contribution in [0.25, 0.3) is 11.0 Å². The highest BCUT2D eigenvalue weighted by atomic mass is 19.1. The van der Waals surface area contributed by atoms with Crippen molar-refractivity contribution in [3.63, 3.8) is 0 Å². The molecule has 64 valence electrons. The van der Waals surface area contributed by atoms with Gasteiger partial charge >= 0.3 is 0 Å². The molecule has 13 heavy (non-hydrogen) atoms. The molecule has 0 radical (unpaired) electrons. The van der Waals surface area contributed by atoms with Crippen molar-refractivity contribution in [1.29, 1.82) is 5.26 Å². The van der Waals surface area contributed by atoms with Gasteiger partial charge in [0.1, 0.15) is 11.6 Å². The molecule has 0 spiro atoms. The van der Waals surface area contributed by atoms with Gasteiger partial charge in [0.2, 0.25) is 5.88 Å². The minimum atomic E-state index is -0.509. The van der Waals surface area contributed by atoms with Gasteiger partial charge in [-0.2, -0.15) is 5.26 Å². The Balaban J connectivity index is 2.96. The normalized spacial score (nSPS) is 10.2. The van der Waals surface area contributed by atoms with Crippen LogP contribution in [0.3, 0.4) is 0 Å². The molecule has 0 amide bonds. The number of nitrogen functional groups attached to an aromatic ring is 1. The number of halogens is 1. The molecule has 2 aromatic rings. The molecule has 4 heteroatoms. The smallest absolute Gasteiger partial charge is 0.209 e. The highest BCUT2D eigenvalue weighted by molar-refractivity contribution is 5.88. The van der Waals surface area contributed by atoms with Gasteiger partial charge in [0, 0.05) is 5.39 Å². The molecule has 1 aromatic carbocycles. The van der Waals surface area contributed by atoms with Gasteiger partial charge in [0.15, 0.2) is 11.4 Å². The highest BCUT2D eigenvalue weighted by Gasteiger charge is 2.13. The van der Waals surface area contributed by atoms with E-state index in [1.807, 2.05) is 6.07 Å². The Bertz CT molecular complexity index is 510. The molecule has 0 aliphatic heterocycles. The molecular weight excluding hydrogens is 171 g/mol. The Morgan fingerprint density at radius 2 is 2.23 bits per heavy atom. The first kappa shape index (κ1) is 7.62. The standard InChI is InChI=1S/C9H5FN2O/c10-7-3-1-2-5-6(4-11)9(12)13-8(5)7/h1-3H,12H2. The summed E-state index contributed by atoms with van der Waals surface area (Å²) in [6.45, 7) is 0. The number of rotatable bonds is 0. The van der Waals surface area contributed by atoms with E-state index in [4.69, 9.17) is 15.4 Å². The summed E-state index contributed by atoms with van der Waals surface area (Å²) in [7, 11) is 0. The Morgan fingerprint density at radius 1 is 1.46 bits per heavy atom. The number of hydrogen-bond donors (Lipinski definition) is 1. The van der Waals surface area contributed by atoms with E-state index in [9.17, 15) is 4.39 Å². The van der Waals surface area contributed by atoms with E-state index >= 15 is 0 Å². The number of benzene rings is 1. The van der Waals surface area contributed by atoms with Gasteiger partial charge in [0.25, 0.3) is 0 Å². The van der Waals surface area contributed by atoms with Crippen LogP contribution in [0, 0.1) is 17.1 Å². The molecule has 0 aliphatic carbocycles. The summed E-state index contributed by atoms with van der Waals surface area (Å²) in [4.78, 5) is 0. The molecule has 0 saturated carbocycles. The Morgan fingerprint density at radius 3 is 2.92 bits per heavy atom. The zero-order chi connectivity index (χ0) is 9.42. The summed E-state index contributed by atoms with van der Waals surface area (Å²) in [5.74, 6) is -0.548. The van der Waals surface area contributed by atoms with E-state index in [0.29, 0.717) is 5.39 Å². The molecule has 0 saturated heterocycles. The summed E-state index contributed by atoms with van der Waals surface area (Å²) in [6, 6.07) is 6.22. The van der Waals surface area contributed by atoms with Gasteiger partial charge < -0.3 is 10.2 Å². The quantitative estimate of drug-likeness (QED) is 0.667. The minimum absolute atomic E-state index is 0.0385. The molecule has 0 aliphatic rings. The lowest BCUT2D eigenvalue weighted by atomic mass is 10.2. The number of para-hydroxylation sites is 1. The molecule has 0 bridgehead atoms. The third-order valence-electron chi connectivity index (χ3n) is 1.81. The maximum Gasteiger partial charge on any atom is 0.209 e. The van der Waals surface area contributed by atoms with Gasteiger partial charge in [-0.3, -0.25) is 0 Å². The summed E-state index contributed by atoms with van der Waals surface area (Å²) in [5, 5.41) is 9.10. The molecule has 0 atom stereocenters. The number of nitrogens with zero attached hydrogens (tertiary/aromatic N) is 1. The molecule has 1 aromatic heterocycles. The zero-order valence-electron chi connectivity index (χ0n) is 6.54. The van der Waals surface area contributed by atoms with Gasteiger partial charge in [0.05, 0.1) is 0 Å². The lowest BCUT2D eigenvalue weighted by Crippen LogP contribution is -1.82. The Labute approximate surface area is 73.2 Å². The number of nitrogens with two attached hydrogens (primary N) is 1. The average Bonchev–Trinajstić information content (AvgIpc) is 2.43. The lowest BCUT2D eigenvalue weighted by molar-refractivity contribution is 0.571. The van der Waals surface area contributed by atoms with Crippen LogP contribution in [-0.2, 0) is 0 Å². The van der Waals surface area contributed by atoms with Gasteiger partial charge in [-0.15, -0.1) is 0 Å². The van der Waals surface area contributed by atoms with Crippen molar-refractivity contribution in [1.82, 2.24) is 0 Å². The van der Waals surface area contributed by atoms with Crippen LogP contribution in [0.15, 0.2) is 22.6 Å². The summed E-state index contributed by atoms with van der Waals surface area (Å²) in [6.07, 6.45) is 0. The Hall–Kier alpha value is -2.02. The van der Waals surface area contributed by atoms with Crippen molar-refractivity contribution in [3.05, 3.63) is 29.6 Å². The fourth-order valence-electron chi connectivity index (χ4n) is 1.22. The largest absolute Gasteiger partial charge is 0.436 e. The van der Waals surface area contributed by atoms with Gasteiger partial charge in [-0.25, -0.2) is 4.39 Å². The summed E-state index contributed by atoms with van der Waals surface area (Å²) >= 11 is 0. The van der Waals surface area contributed by atoms with E-state index < -0.39 is 5.82 Å². The molecule has 3 nitrogen and oxygen atoms in total. The van der Waals surface area contributed by atoms with Crippen molar-refractivity contribution in [2.45, 2.75) is 0 Å². The topological polar surface area (TPSA) is 63.0 Å². The van der Waals surface area contributed by atoms with E-state index in [1.165, 1.54) is 12.1 Å². The van der Waals surface area contributed by atoms with Gasteiger partial charge in [-0.05, 0) is 12.1 Å². The van der Waals surface area contributed by atoms with Crippen LogP contribution in [-0.4, -0.2) is 0 Å². The third kappa shape index (κ3) is 0.942. The molecular formula is C9H5FN2O. The second kappa shape index (κ2) is 2.49. The average molecular weight is 176 g/mol. The zero-order valence-corrected chi connectivity index (χ0v) is 6.54. The van der Waals surface area contributed by atoms with E-state index in [2.05, 4.69) is 0 Å². The monoisotopic (exact) mass is 176 g/mol. The first-order valence-electron chi connectivity index (χ1n) is 3.60. The highest BCUT2D eigenvalue weighted by Crippen LogP contribution is 2.28. The van der Waals surface area contributed by atoms with Crippen molar-refractivity contribution >= 4 is 16.9 Å². The second-order valence-corrected chi connectivity index (χ2v) is 2.57. The van der Waals surface area contributed by atoms with E-state index in [-0.39, 0.29) is 17.0 Å². The van der Waals surface area contributed by atoms with Crippen molar-refractivity contribution in [2.75, 3.05) is 5.73 Å². The van der Waals surface area contributed by atoms with Crippen LogP contribution in [0.4, 0.5) is 10.3 Å². The first-order valence-corrected chi connectivity index (χ1v) is 3.60. The fraction of sp³-hybridized carbons (Fsp3) is 0. The SMILES string of the molecule is N#Cc1c(N)oc2c(F)cccc12. The second-order valence-electron chi connectivity index (χ2n) is 2.57. The van der Waals surface area contributed by atoms with Crippen LogP contribution in [0.1, 0.15) is 5.56 Å². The van der Waals surface area contributed by atoms with Crippen molar-refractivity contribution < 1.29 is 8.81 Å². The number of hydrogen-bond acceptors (Lipinski definition) is 3. The molecule has 0 fully saturated rings. The van der Waals surface area contributed by atoms with E-state index in [1.54, 1.807) is 6.07 Å². The van der Waals surface area contributed by atoms with Crippen LogP contribution in [0.5, 0.6) is 0 Å². The van der Waals surface area contributed by atoms with Crippen LogP contribution in [0.2, 0.25) is 0 Å². The van der Waals surface area contributed by atoms with Crippen molar-refractivity contribution in [3.8, 4) is 6.07 Å². The molecule has 0 unspecified atom stereocenters. The number of furan rings is 1. The van der Waals surface area contributed by atoms with Crippen LogP contribution < -0.4 is 5.73 Å². The number of anilines is 1. The predicted octanol–water partition coefficient (Wildman–Crippen LogP) is 2.03.